The molecule has 6 heteroatoms. The van der Waals surface area contributed by atoms with Crippen molar-refractivity contribution in [3.05, 3.63) is 47.1 Å². The highest BCUT2D eigenvalue weighted by molar-refractivity contribution is 6.33. The second-order valence-electron chi connectivity index (χ2n) is 8.70. The second-order valence-corrected chi connectivity index (χ2v) is 9.11. The van der Waals surface area contributed by atoms with E-state index in [-0.39, 0.29) is 0 Å². The number of aryl methyl sites for hydroxylation is 1. The van der Waals surface area contributed by atoms with Gasteiger partial charge < -0.3 is 10.6 Å². The van der Waals surface area contributed by atoms with Crippen LogP contribution in [-0.4, -0.2) is 33.7 Å². The fraction of sp³-hybridized carbons (Fsp3) is 0.520. The summed E-state index contributed by atoms with van der Waals surface area (Å²) in [5, 5.41) is 12.5. The molecule has 0 aliphatic carbocycles. The number of aromatic nitrogens is 3. The molecular weight excluding hydrogens is 406 g/mol. The first kappa shape index (κ1) is 22.1. The van der Waals surface area contributed by atoms with Crippen LogP contribution < -0.4 is 10.6 Å². The molecule has 2 N–H and O–H groups in total. The fourth-order valence-corrected chi connectivity index (χ4v) is 4.67. The number of hydrogen-bond acceptors (Lipinski definition) is 4. The first-order chi connectivity index (χ1) is 15.2. The normalized spacial score (nSPS) is 16.6. The molecule has 2 aromatic heterocycles. The van der Waals surface area contributed by atoms with Crippen LogP contribution >= 0.6 is 11.6 Å². The zero-order valence-electron chi connectivity index (χ0n) is 18.5. The summed E-state index contributed by atoms with van der Waals surface area (Å²) in [7, 11) is 0. The minimum atomic E-state index is 0.714. The molecule has 0 amide bonds. The lowest BCUT2D eigenvalue weighted by atomic mass is 9.99. The molecule has 1 aliphatic heterocycles. The summed E-state index contributed by atoms with van der Waals surface area (Å²) in [6, 6.07) is 10.7. The summed E-state index contributed by atoms with van der Waals surface area (Å²) < 4.78 is 1.90. The summed E-state index contributed by atoms with van der Waals surface area (Å²) >= 11 is 6.43. The monoisotopic (exact) mass is 439 g/mol. The fourth-order valence-electron chi connectivity index (χ4n) is 4.44. The van der Waals surface area contributed by atoms with Gasteiger partial charge in [-0.15, -0.1) is 0 Å². The Labute approximate surface area is 190 Å². The maximum absolute atomic E-state index is 6.43. The zero-order chi connectivity index (χ0) is 21.5. The Morgan fingerprint density at radius 3 is 2.81 bits per heavy atom. The Bertz CT molecular complexity index is 977. The summed E-state index contributed by atoms with van der Waals surface area (Å²) in [6.07, 6.45) is 13.8. The third-order valence-corrected chi connectivity index (χ3v) is 6.58. The number of hydrogen-bond donors (Lipinski definition) is 2. The van der Waals surface area contributed by atoms with Crippen molar-refractivity contribution in [3.8, 4) is 11.3 Å². The molecule has 166 valence electrons. The molecule has 4 rings (SSSR count). The average molecular weight is 440 g/mol. The summed E-state index contributed by atoms with van der Waals surface area (Å²) in [5.74, 6) is 0.969. The van der Waals surface area contributed by atoms with Gasteiger partial charge in [0.05, 0.1) is 11.9 Å². The van der Waals surface area contributed by atoms with Crippen molar-refractivity contribution in [3.63, 3.8) is 0 Å². The number of halogens is 1. The summed E-state index contributed by atoms with van der Waals surface area (Å²) in [5.41, 5.74) is 3.75. The first-order valence-corrected chi connectivity index (χ1v) is 12.2. The molecule has 1 fully saturated rings. The van der Waals surface area contributed by atoms with E-state index >= 15 is 0 Å². The van der Waals surface area contributed by atoms with E-state index in [1.165, 1.54) is 57.9 Å². The lowest BCUT2D eigenvalue weighted by molar-refractivity contribution is 0.370. The number of piperidine rings is 1. The van der Waals surface area contributed by atoms with E-state index in [2.05, 4.69) is 21.8 Å². The lowest BCUT2D eigenvalue weighted by Crippen LogP contribution is -2.33. The molecule has 0 bridgehead atoms. The third kappa shape index (κ3) is 5.78. The highest BCUT2D eigenvalue weighted by atomic mass is 35.5. The largest absolute Gasteiger partial charge is 0.370 e. The Morgan fingerprint density at radius 2 is 1.97 bits per heavy atom. The molecule has 31 heavy (non-hydrogen) atoms. The molecule has 1 atom stereocenters. The van der Waals surface area contributed by atoms with Crippen LogP contribution in [0.2, 0.25) is 5.02 Å². The number of anilines is 1. The molecule has 3 aromatic rings. The third-order valence-electron chi connectivity index (χ3n) is 6.25. The maximum Gasteiger partial charge on any atom is 0.160 e. The number of nitrogens with one attached hydrogen (secondary N) is 2. The molecule has 3 heterocycles. The minimum absolute atomic E-state index is 0.714. The van der Waals surface area contributed by atoms with Crippen LogP contribution in [0.4, 0.5) is 5.82 Å². The quantitative estimate of drug-likeness (QED) is 0.366. The van der Waals surface area contributed by atoms with E-state index in [1.807, 2.05) is 41.9 Å². The van der Waals surface area contributed by atoms with E-state index < -0.39 is 0 Å². The number of fused-ring (bicyclic) bond motifs is 1. The smallest absolute Gasteiger partial charge is 0.160 e. The highest BCUT2D eigenvalue weighted by Gasteiger charge is 2.13. The van der Waals surface area contributed by atoms with Crippen molar-refractivity contribution in [1.29, 1.82) is 0 Å². The lowest BCUT2D eigenvalue weighted by Gasteiger charge is -2.23. The highest BCUT2D eigenvalue weighted by Crippen LogP contribution is 2.29. The Hall–Kier alpha value is -2.11. The Balaban J connectivity index is 1.28. The molecule has 5 nitrogen and oxygen atoms in total. The molecule has 1 aromatic carbocycles. The topological polar surface area (TPSA) is 54.2 Å². The van der Waals surface area contributed by atoms with Crippen LogP contribution in [0.25, 0.3) is 16.9 Å². The molecular formula is C25H34ClN5. The van der Waals surface area contributed by atoms with Gasteiger partial charge in [-0.3, -0.25) is 0 Å². The SMILES string of the molecule is Cc1cnn2c(NCCCCCCCC3CCCCN3)cc(-c3ccccc3Cl)nc12. The maximum atomic E-state index is 6.43. The molecule has 1 saturated heterocycles. The van der Waals surface area contributed by atoms with Gasteiger partial charge in [0, 0.05) is 34.8 Å². The number of unbranched alkanes of at least 4 members (excludes halogenated alkanes) is 4. The van der Waals surface area contributed by atoms with Gasteiger partial charge in [0.1, 0.15) is 5.82 Å². The minimum Gasteiger partial charge on any atom is -0.370 e. The van der Waals surface area contributed by atoms with Crippen LogP contribution in [0.3, 0.4) is 0 Å². The van der Waals surface area contributed by atoms with Crippen molar-refractivity contribution in [2.45, 2.75) is 70.8 Å². The number of nitrogens with zero attached hydrogens (tertiary/aromatic N) is 3. The standard InChI is InChI=1S/C25H34ClN5/c1-19-18-29-31-24(17-23(30-25(19)31)21-13-6-7-14-22(21)26)28-16-9-4-2-3-5-11-20-12-8-10-15-27-20/h6-7,13-14,17-18,20,27-28H,2-5,8-12,15-16H2,1H3. The van der Waals surface area contributed by atoms with Crippen molar-refractivity contribution < 1.29 is 0 Å². The van der Waals surface area contributed by atoms with Gasteiger partial charge in [0.15, 0.2) is 5.65 Å². The van der Waals surface area contributed by atoms with Crippen LogP contribution in [0.15, 0.2) is 36.5 Å². The van der Waals surface area contributed by atoms with E-state index in [9.17, 15) is 0 Å². The zero-order valence-corrected chi connectivity index (χ0v) is 19.3. The van der Waals surface area contributed by atoms with Gasteiger partial charge in [-0.2, -0.15) is 9.61 Å². The van der Waals surface area contributed by atoms with Crippen LogP contribution in [-0.2, 0) is 0 Å². The van der Waals surface area contributed by atoms with E-state index in [1.54, 1.807) is 0 Å². The van der Waals surface area contributed by atoms with Crippen LogP contribution in [0, 0.1) is 6.92 Å². The summed E-state index contributed by atoms with van der Waals surface area (Å²) in [6.45, 7) is 4.19. The molecule has 0 saturated carbocycles. The predicted octanol–water partition coefficient (Wildman–Crippen LogP) is 6.25. The Kier molecular flexibility index (Phi) is 7.81. The van der Waals surface area contributed by atoms with Gasteiger partial charge >= 0.3 is 0 Å². The van der Waals surface area contributed by atoms with Crippen molar-refractivity contribution >= 4 is 23.1 Å². The van der Waals surface area contributed by atoms with Gasteiger partial charge in [-0.1, -0.05) is 61.9 Å². The van der Waals surface area contributed by atoms with Crippen molar-refractivity contribution in [2.75, 3.05) is 18.4 Å². The van der Waals surface area contributed by atoms with Crippen molar-refractivity contribution in [1.82, 2.24) is 19.9 Å². The predicted molar refractivity (Wildman–Crippen MR) is 130 cm³/mol. The van der Waals surface area contributed by atoms with Crippen molar-refractivity contribution in [2.24, 2.45) is 0 Å². The van der Waals surface area contributed by atoms with E-state index in [4.69, 9.17) is 16.6 Å². The van der Waals surface area contributed by atoms with E-state index in [0.717, 1.165) is 47.3 Å². The van der Waals surface area contributed by atoms with Crippen LogP contribution in [0.5, 0.6) is 0 Å². The molecule has 0 radical (unpaired) electrons. The number of benzene rings is 1. The van der Waals surface area contributed by atoms with Gasteiger partial charge in [0.2, 0.25) is 0 Å². The van der Waals surface area contributed by atoms with Gasteiger partial charge in [-0.05, 0) is 45.2 Å². The Morgan fingerprint density at radius 1 is 1.13 bits per heavy atom. The first-order valence-electron chi connectivity index (χ1n) is 11.8. The molecule has 1 unspecified atom stereocenters. The molecule has 1 aliphatic rings. The molecule has 0 spiro atoms. The average Bonchev–Trinajstić information content (AvgIpc) is 3.17. The van der Waals surface area contributed by atoms with E-state index in [0.29, 0.717) is 5.02 Å². The second kappa shape index (κ2) is 11.0. The number of rotatable bonds is 10. The van der Waals surface area contributed by atoms with Gasteiger partial charge in [0.25, 0.3) is 0 Å². The van der Waals surface area contributed by atoms with Crippen LogP contribution in [0.1, 0.15) is 63.4 Å². The summed E-state index contributed by atoms with van der Waals surface area (Å²) in [4.78, 5) is 4.81. The van der Waals surface area contributed by atoms with Gasteiger partial charge in [-0.25, -0.2) is 4.98 Å².